The number of nitrogens with zero attached hydrogens (tertiary/aromatic N) is 1. The maximum absolute atomic E-state index is 11.9. The molecular weight excluding hydrogens is 236 g/mol. The minimum Gasteiger partial charge on any atom is -0.461 e. The van der Waals surface area contributed by atoms with Gasteiger partial charge in [0, 0.05) is 0 Å². The second-order valence-corrected chi connectivity index (χ2v) is 4.69. The standard InChI is InChI=1S/C12H14N2O4/c1-12(2)11(17)13-10(16)7-14(12)6-8(15)9-4-3-5-18-9/h3-5H,6-7H2,1-2H3,(H,13,16,17). The van der Waals surface area contributed by atoms with Crippen molar-refractivity contribution in [3.05, 3.63) is 24.2 Å². The molecule has 2 rings (SSSR count). The van der Waals surface area contributed by atoms with E-state index in [2.05, 4.69) is 5.32 Å². The molecule has 2 heterocycles. The smallest absolute Gasteiger partial charge is 0.246 e. The fourth-order valence-electron chi connectivity index (χ4n) is 1.78. The number of rotatable bonds is 3. The Bertz CT molecular complexity index is 490. The summed E-state index contributed by atoms with van der Waals surface area (Å²) in [6.45, 7) is 3.33. The van der Waals surface area contributed by atoms with Crippen molar-refractivity contribution in [2.75, 3.05) is 13.1 Å². The van der Waals surface area contributed by atoms with Gasteiger partial charge in [0.2, 0.25) is 17.6 Å². The van der Waals surface area contributed by atoms with Crippen molar-refractivity contribution >= 4 is 17.6 Å². The lowest BCUT2D eigenvalue weighted by Gasteiger charge is -2.39. The SMILES string of the molecule is CC1(C)C(=O)NC(=O)CN1CC(=O)c1ccco1. The lowest BCUT2D eigenvalue weighted by molar-refractivity contribution is -0.144. The van der Waals surface area contributed by atoms with E-state index in [-0.39, 0.29) is 24.6 Å². The van der Waals surface area contributed by atoms with E-state index in [0.29, 0.717) is 0 Å². The van der Waals surface area contributed by atoms with Crippen molar-refractivity contribution in [3.8, 4) is 0 Å². The van der Waals surface area contributed by atoms with E-state index in [0.717, 1.165) is 0 Å². The monoisotopic (exact) mass is 250 g/mol. The van der Waals surface area contributed by atoms with Gasteiger partial charge in [0.1, 0.15) is 0 Å². The third-order valence-corrected chi connectivity index (χ3v) is 3.06. The molecule has 0 aromatic carbocycles. The zero-order chi connectivity index (χ0) is 13.3. The summed E-state index contributed by atoms with van der Waals surface area (Å²) in [6.07, 6.45) is 1.41. The Labute approximate surface area is 104 Å². The van der Waals surface area contributed by atoms with E-state index < -0.39 is 17.4 Å². The van der Waals surface area contributed by atoms with Gasteiger partial charge in [-0.2, -0.15) is 0 Å². The van der Waals surface area contributed by atoms with Crippen LogP contribution in [0.5, 0.6) is 0 Å². The topological polar surface area (TPSA) is 79.6 Å². The molecule has 1 fully saturated rings. The van der Waals surface area contributed by atoms with Crippen LogP contribution in [0.2, 0.25) is 0 Å². The summed E-state index contributed by atoms with van der Waals surface area (Å²) in [6, 6.07) is 3.17. The molecule has 2 amide bonds. The fourth-order valence-corrected chi connectivity index (χ4v) is 1.78. The van der Waals surface area contributed by atoms with Crippen LogP contribution in [0.1, 0.15) is 24.4 Å². The van der Waals surface area contributed by atoms with Crippen LogP contribution in [-0.2, 0) is 9.59 Å². The number of Topliss-reactive ketones (excluding diaryl/α,β-unsaturated/α-hetero) is 1. The zero-order valence-electron chi connectivity index (χ0n) is 10.2. The summed E-state index contributed by atoms with van der Waals surface area (Å²) in [7, 11) is 0. The maximum Gasteiger partial charge on any atom is 0.246 e. The summed E-state index contributed by atoms with van der Waals surface area (Å²) in [5.74, 6) is -0.822. The Morgan fingerprint density at radius 3 is 2.83 bits per heavy atom. The predicted octanol–water partition coefficient (Wildman–Crippen LogP) is 0.199. The van der Waals surface area contributed by atoms with E-state index in [1.165, 1.54) is 6.26 Å². The molecule has 18 heavy (non-hydrogen) atoms. The Balaban J connectivity index is 2.14. The minimum absolute atomic E-state index is 0.0190. The largest absolute Gasteiger partial charge is 0.461 e. The number of amides is 2. The molecule has 0 aliphatic carbocycles. The Hall–Kier alpha value is -1.95. The van der Waals surface area contributed by atoms with Crippen LogP contribution < -0.4 is 5.32 Å². The van der Waals surface area contributed by atoms with Gasteiger partial charge >= 0.3 is 0 Å². The third-order valence-electron chi connectivity index (χ3n) is 3.06. The van der Waals surface area contributed by atoms with Crippen LogP contribution in [-0.4, -0.2) is 41.1 Å². The maximum atomic E-state index is 11.9. The van der Waals surface area contributed by atoms with E-state index in [1.54, 1.807) is 30.9 Å². The van der Waals surface area contributed by atoms with E-state index in [9.17, 15) is 14.4 Å². The van der Waals surface area contributed by atoms with Gasteiger partial charge in [0.05, 0.1) is 24.9 Å². The molecule has 0 saturated carbocycles. The van der Waals surface area contributed by atoms with Gasteiger partial charge in [-0.1, -0.05) is 0 Å². The van der Waals surface area contributed by atoms with Crippen LogP contribution in [0.25, 0.3) is 0 Å². The van der Waals surface area contributed by atoms with Crippen LogP contribution in [0.3, 0.4) is 0 Å². The van der Waals surface area contributed by atoms with Gasteiger partial charge in [-0.05, 0) is 26.0 Å². The fraction of sp³-hybridized carbons (Fsp3) is 0.417. The first-order chi connectivity index (χ1) is 8.41. The second-order valence-electron chi connectivity index (χ2n) is 4.69. The molecule has 6 heteroatoms. The number of imide groups is 1. The number of ketones is 1. The Morgan fingerprint density at radius 2 is 2.22 bits per heavy atom. The summed E-state index contributed by atoms with van der Waals surface area (Å²) < 4.78 is 5.00. The van der Waals surface area contributed by atoms with Gasteiger partial charge in [-0.25, -0.2) is 0 Å². The normalized spacial score (nSPS) is 19.7. The minimum atomic E-state index is -0.893. The highest BCUT2D eigenvalue weighted by Gasteiger charge is 2.41. The molecule has 1 aromatic rings. The van der Waals surface area contributed by atoms with Crippen LogP contribution in [0.4, 0.5) is 0 Å². The number of hydrogen-bond acceptors (Lipinski definition) is 5. The van der Waals surface area contributed by atoms with E-state index in [1.807, 2.05) is 0 Å². The van der Waals surface area contributed by atoms with Crippen LogP contribution in [0, 0.1) is 0 Å². The predicted molar refractivity (Wildman–Crippen MR) is 61.8 cm³/mol. The van der Waals surface area contributed by atoms with Gasteiger partial charge in [0.25, 0.3) is 0 Å². The lowest BCUT2D eigenvalue weighted by Crippen LogP contribution is -2.64. The highest BCUT2D eigenvalue weighted by Crippen LogP contribution is 2.18. The molecule has 0 atom stereocenters. The van der Waals surface area contributed by atoms with Crippen molar-refractivity contribution in [1.82, 2.24) is 10.2 Å². The van der Waals surface area contributed by atoms with Crippen LogP contribution >= 0.6 is 0 Å². The number of furan rings is 1. The number of nitrogens with one attached hydrogen (secondary N) is 1. The number of hydrogen-bond donors (Lipinski definition) is 1. The molecule has 96 valence electrons. The molecule has 1 aliphatic rings. The second kappa shape index (κ2) is 4.38. The lowest BCUT2D eigenvalue weighted by atomic mass is 9.98. The van der Waals surface area contributed by atoms with Gasteiger partial charge in [-0.3, -0.25) is 24.6 Å². The molecule has 1 aromatic heterocycles. The molecule has 0 spiro atoms. The molecule has 1 saturated heterocycles. The average Bonchev–Trinajstić information content (AvgIpc) is 2.79. The number of piperazine rings is 1. The molecule has 0 unspecified atom stereocenters. The Morgan fingerprint density at radius 1 is 1.50 bits per heavy atom. The molecular formula is C12H14N2O4. The molecule has 1 N–H and O–H groups in total. The van der Waals surface area contributed by atoms with Crippen molar-refractivity contribution in [1.29, 1.82) is 0 Å². The van der Waals surface area contributed by atoms with Crippen molar-refractivity contribution in [2.24, 2.45) is 0 Å². The average molecular weight is 250 g/mol. The molecule has 6 nitrogen and oxygen atoms in total. The first-order valence-corrected chi connectivity index (χ1v) is 5.57. The summed E-state index contributed by atoms with van der Waals surface area (Å²) in [5, 5.41) is 2.25. The quantitative estimate of drug-likeness (QED) is 0.612. The summed E-state index contributed by atoms with van der Waals surface area (Å²) in [5.41, 5.74) is -0.893. The van der Waals surface area contributed by atoms with Crippen molar-refractivity contribution in [3.63, 3.8) is 0 Å². The van der Waals surface area contributed by atoms with E-state index >= 15 is 0 Å². The van der Waals surface area contributed by atoms with E-state index in [4.69, 9.17) is 4.42 Å². The molecule has 0 bridgehead atoms. The molecule has 0 radical (unpaired) electrons. The first-order valence-electron chi connectivity index (χ1n) is 5.57. The Kier molecular flexibility index (Phi) is 3.04. The van der Waals surface area contributed by atoms with Crippen molar-refractivity contribution < 1.29 is 18.8 Å². The van der Waals surface area contributed by atoms with Gasteiger partial charge in [-0.15, -0.1) is 0 Å². The highest BCUT2D eigenvalue weighted by molar-refractivity contribution is 6.04. The van der Waals surface area contributed by atoms with Gasteiger partial charge < -0.3 is 4.42 Å². The third kappa shape index (κ3) is 2.19. The van der Waals surface area contributed by atoms with Crippen LogP contribution in [0.15, 0.2) is 22.8 Å². The first kappa shape index (κ1) is 12.5. The summed E-state index contributed by atoms with van der Waals surface area (Å²) in [4.78, 5) is 36.5. The van der Waals surface area contributed by atoms with Gasteiger partial charge in [0.15, 0.2) is 5.76 Å². The number of carbonyl (C=O) groups is 3. The highest BCUT2D eigenvalue weighted by atomic mass is 16.3. The molecule has 1 aliphatic heterocycles. The number of carbonyl (C=O) groups excluding carboxylic acids is 3. The van der Waals surface area contributed by atoms with Crippen molar-refractivity contribution in [2.45, 2.75) is 19.4 Å². The summed E-state index contributed by atoms with van der Waals surface area (Å²) >= 11 is 0. The zero-order valence-corrected chi connectivity index (χ0v) is 10.2.